The molecule has 0 bridgehead atoms. The molecule has 1 aliphatic rings. The number of alkyl carbamates (subject to hydrolysis) is 1. The maximum absolute atomic E-state index is 12.9. The minimum Gasteiger partial charge on any atom is -0.481 e. The first-order chi connectivity index (χ1) is 16.8. The largest absolute Gasteiger partial charge is 0.481 e. The van der Waals surface area contributed by atoms with Crippen LogP contribution < -0.4 is 10.6 Å². The molecule has 4 rings (SSSR count). The quantitative estimate of drug-likeness (QED) is 0.324. The van der Waals surface area contributed by atoms with Crippen LogP contribution in [-0.2, 0) is 14.3 Å². The van der Waals surface area contributed by atoms with Gasteiger partial charge in [-0.05, 0) is 46.9 Å². The average Bonchev–Trinajstić information content (AvgIpc) is 3.16. The maximum Gasteiger partial charge on any atom is 0.407 e. The second-order valence-electron chi connectivity index (χ2n) is 8.07. The number of carboxylic acids is 1. The van der Waals surface area contributed by atoms with Gasteiger partial charge in [0.05, 0.1) is 10.7 Å². The Balaban J connectivity index is 1.44. The predicted octanol–water partition coefficient (Wildman–Crippen LogP) is 5.81. The third-order valence-electron chi connectivity index (χ3n) is 5.79. The number of hydrogen-bond donors (Lipinski definition) is 3. The SMILES string of the molecule is O=C(O)CCC(NC(=O)OCC1c2ccccc2-c2ccccc21)C(=O)Nc1cc(Br)ccc1Cl. The van der Waals surface area contributed by atoms with Crippen LogP contribution in [0.15, 0.2) is 71.2 Å². The molecule has 0 fully saturated rings. The first-order valence-electron chi connectivity index (χ1n) is 10.9. The Labute approximate surface area is 215 Å². The number of halogens is 2. The third kappa shape index (κ3) is 5.83. The second kappa shape index (κ2) is 10.9. The normalized spacial score (nSPS) is 12.9. The summed E-state index contributed by atoms with van der Waals surface area (Å²) in [6, 6.07) is 19.7. The lowest BCUT2D eigenvalue weighted by atomic mass is 9.98. The molecule has 3 aromatic carbocycles. The molecule has 0 radical (unpaired) electrons. The number of nitrogens with one attached hydrogen (secondary N) is 2. The third-order valence-corrected chi connectivity index (χ3v) is 6.61. The lowest BCUT2D eigenvalue weighted by molar-refractivity contribution is -0.137. The average molecular weight is 558 g/mol. The van der Waals surface area contributed by atoms with E-state index in [9.17, 15) is 14.4 Å². The number of aliphatic carboxylic acids is 1. The maximum atomic E-state index is 12.9. The van der Waals surface area contributed by atoms with Crippen molar-refractivity contribution in [2.24, 2.45) is 0 Å². The van der Waals surface area contributed by atoms with E-state index in [-0.39, 0.29) is 25.4 Å². The van der Waals surface area contributed by atoms with Crippen LogP contribution in [0.25, 0.3) is 11.1 Å². The number of fused-ring (bicyclic) bond motifs is 3. The van der Waals surface area contributed by atoms with Gasteiger partial charge in [0.15, 0.2) is 0 Å². The van der Waals surface area contributed by atoms with Gasteiger partial charge in [0, 0.05) is 16.8 Å². The monoisotopic (exact) mass is 556 g/mol. The van der Waals surface area contributed by atoms with Crippen molar-refractivity contribution < 1.29 is 24.2 Å². The molecule has 1 atom stereocenters. The lowest BCUT2D eigenvalue weighted by Crippen LogP contribution is -2.44. The summed E-state index contributed by atoms with van der Waals surface area (Å²) >= 11 is 9.45. The Morgan fingerprint density at radius 1 is 1.00 bits per heavy atom. The van der Waals surface area contributed by atoms with Crippen molar-refractivity contribution >= 4 is 51.2 Å². The molecule has 0 spiro atoms. The molecule has 0 saturated heterocycles. The van der Waals surface area contributed by atoms with Crippen molar-refractivity contribution in [1.82, 2.24) is 5.32 Å². The van der Waals surface area contributed by atoms with Gasteiger partial charge in [-0.15, -0.1) is 0 Å². The van der Waals surface area contributed by atoms with Crippen LogP contribution in [0, 0.1) is 0 Å². The molecular formula is C26H22BrClN2O5. The zero-order valence-electron chi connectivity index (χ0n) is 18.5. The summed E-state index contributed by atoms with van der Waals surface area (Å²) in [5.41, 5.74) is 4.65. The fourth-order valence-electron chi connectivity index (χ4n) is 4.13. The van der Waals surface area contributed by atoms with Gasteiger partial charge in [0.2, 0.25) is 5.91 Å². The molecule has 3 aromatic rings. The minimum absolute atomic E-state index is 0.0740. The fourth-order valence-corrected chi connectivity index (χ4v) is 4.66. The molecule has 35 heavy (non-hydrogen) atoms. The first-order valence-corrected chi connectivity index (χ1v) is 12.1. The first kappa shape index (κ1) is 24.8. The molecule has 1 unspecified atom stereocenters. The molecule has 0 aliphatic heterocycles. The van der Waals surface area contributed by atoms with E-state index in [1.165, 1.54) is 0 Å². The zero-order valence-corrected chi connectivity index (χ0v) is 20.8. The van der Waals surface area contributed by atoms with Gasteiger partial charge in [-0.2, -0.15) is 0 Å². The van der Waals surface area contributed by atoms with Gasteiger partial charge in [-0.1, -0.05) is 76.1 Å². The highest BCUT2D eigenvalue weighted by molar-refractivity contribution is 9.10. The second-order valence-corrected chi connectivity index (χ2v) is 9.39. The number of benzene rings is 3. The predicted molar refractivity (Wildman–Crippen MR) is 137 cm³/mol. The molecule has 3 N–H and O–H groups in total. The van der Waals surface area contributed by atoms with Crippen molar-refractivity contribution in [3.63, 3.8) is 0 Å². The number of rotatable bonds is 8. The van der Waals surface area contributed by atoms with Crippen LogP contribution in [0.1, 0.15) is 29.9 Å². The Kier molecular flexibility index (Phi) is 7.73. The minimum atomic E-state index is -1.13. The smallest absolute Gasteiger partial charge is 0.407 e. The highest BCUT2D eigenvalue weighted by Gasteiger charge is 2.30. The molecule has 0 heterocycles. The van der Waals surface area contributed by atoms with Gasteiger partial charge in [-0.3, -0.25) is 9.59 Å². The van der Waals surface area contributed by atoms with Crippen LogP contribution in [-0.4, -0.2) is 35.7 Å². The number of ether oxygens (including phenoxy) is 1. The van der Waals surface area contributed by atoms with Gasteiger partial charge >= 0.3 is 12.1 Å². The summed E-state index contributed by atoms with van der Waals surface area (Å²) < 4.78 is 6.21. The Morgan fingerprint density at radius 2 is 1.63 bits per heavy atom. The van der Waals surface area contributed by atoms with Crippen molar-refractivity contribution in [1.29, 1.82) is 0 Å². The van der Waals surface area contributed by atoms with Crippen LogP contribution in [0.3, 0.4) is 0 Å². The van der Waals surface area contributed by atoms with Crippen LogP contribution in [0.5, 0.6) is 0 Å². The Hall–Kier alpha value is -3.36. The molecule has 9 heteroatoms. The van der Waals surface area contributed by atoms with Crippen molar-refractivity contribution in [3.8, 4) is 11.1 Å². The van der Waals surface area contributed by atoms with Crippen LogP contribution in [0.2, 0.25) is 5.02 Å². The van der Waals surface area contributed by atoms with Gasteiger partial charge in [0.25, 0.3) is 0 Å². The van der Waals surface area contributed by atoms with Crippen molar-refractivity contribution in [3.05, 3.63) is 87.4 Å². The summed E-state index contributed by atoms with van der Waals surface area (Å²) in [6.07, 6.45) is -1.23. The molecule has 7 nitrogen and oxygen atoms in total. The van der Waals surface area contributed by atoms with E-state index in [1.807, 2.05) is 48.5 Å². The standard InChI is InChI=1S/C26H22BrClN2O5/c27-15-9-10-21(28)23(13-15)29-25(33)22(11-12-24(31)32)30-26(34)35-14-20-18-7-3-1-5-16(18)17-6-2-4-8-19(17)20/h1-10,13,20,22H,11-12,14H2,(H,29,33)(H,30,34)(H,31,32). The number of amides is 2. The molecular weight excluding hydrogens is 536 g/mol. The number of carbonyl (C=O) groups excluding carboxylic acids is 2. The van der Waals surface area contributed by atoms with Crippen LogP contribution >= 0.6 is 27.5 Å². The summed E-state index contributed by atoms with van der Waals surface area (Å²) in [5, 5.41) is 14.5. The van der Waals surface area contributed by atoms with Gasteiger partial charge in [0.1, 0.15) is 12.6 Å². The van der Waals surface area contributed by atoms with E-state index >= 15 is 0 Å². The summed E-state index contributed by atoms with van der Waals surface area (Å²) in [6.45, 7) is 0.0740. The summed E-state index contributed by atoms with van der Waals surface area (Å²) in [7, 11) is 0. The summed E-state index contributed by atoms with van der Waals surface area (Å²) in [5.74, 6) is -1.82. The van der Waals surface area contributed by atoms with Crippen molar-refractivity contribution in [2.45, 2.75) is 24.8 Å². The van der Waals surface area contributed by atoms with E-state index in [4.69, 9.17) is 21.4 Å². The highest BCUT2D eigenvalue weighted by atomic mass is 79.9. The number of carboxylic acid groups (broad SMARTS) is 1. The fraction of sp³-hybridized carbons (Fsp3) is 0.192. The molecule has 2 amide bonds. The number of carbonyl (C=O) groups is 3. The van der Waals surface area contributed by atoms with E-state index < -0.39 is 24.0 Å². The van der Waals surface area contributed by atoms with Gasteiger partial charge < -0.3 is 20.5 Å². The number of anilines is 1. The van der Waals surface area contributed by atoms with Crippen molar-refractivity contribution in [2.75, 3.05) is 11.9 Å². The molecule has 180 valence electrons. The Morgan fingerprint density at radius 3 is 2.26 bits per heavy atom. The zero-order chi connectivity index (χ0) is 24.9. The molecule has 0 saturated carbocycles. The molecule has 1 aliphatic carbocycles. The lowest BCUT2D eigenvalue weighted by Gasteiger charge is -2.20. The highest BCUT2D eigenvalue weighted by Crippen LogP contribution is 2.44. The molecule has 0 aromatic heterocycles. The van der Waals surface area contributed by atoms with E-state index in [0.717, 1.165) is 22.3 Å². The summed E-state index contributed by atoms with van der Waals surface area (Å²) in [4.78, 5) is 36.6. The van der Waals surface area contributed by atoms with Gasteiger partial charge in [-0.25, -0.2) is 4.79 Å². The van der Waals surface area contributed by atoms with E-state index in [1.54, 1.807) is 18.2 Å². The topological polar surface area (TPSA) is 105 Å². The van der Waals surface area contributed by atoms with Crippen LogP contribution in [0.4, 0.5) is 10.5 Å². The van der Waals surface area contributed by atoms with E-state index in [2.05, 4.69) is 26.6 Å². The van der Waals surface area contributed by atoms with E-state index in [0.29, 0.717) is 15.2 Å². The Bertz CT molecular complexity index is 1240. The number of hydrogen-bond acceptors (Lipinski definition) is 4.